The van der Waals surface area contributed by atoms with E-state index in [1.54, 1.807) is 41.3 Å². The smallest absolute Gasteiger partial charge is 0.290 e. The molecular weight excluding hydrogens is 308 g/mol. The molecule has 3 rings (SSSR count). The zero-order chi connectivity index (χ0) is 16.9. The fraction of sp³-hybridized carbons (Fsp3) is 0.333. The van der Waals surface area contributed by atoms with Gasteiger partial charge in [0.15, 0.2) is 5.76 Å². The molecule has 1 aliphatic rings. The van der Waals surface area contributed by atoms with Gasteiger partial charge >= 0.3 is 0 Å². The van der Waals surface area contributed by atoms with Crippen molar-refractivity contribution in [3.8, 4) is 5.75 Å². The Labute approximate surface area is 140 Å². The van der Waals surface area contributed by atoms with Crippen LogP contribution < -0.4 is 10.1 Å². The minimum atomic E-state index is -0.478. The van der Waals surface area contributed by atoms with Crippen molar-refractivity contribution in [1.29, 1.82) is 0 Å². The molecule has 0 spiro atoms. The summed E-state index contributed by atoms with van der Waals surface area (Å²) in [5, 5.41) is 2.86. The monoisotopic (exact) mass is 328 g/mol. The fourth-order valence-electron chi connectivity index (χ4n) is 2.85. The first-order valence-electron chi connectivity index (χ1n) is 8.07. The second-order valence-corrected chi connectivity index (χ2v) is 5.58. The first-order valence-corrected chi connectivity index (χ1v) is 8.07. The number of carbonyl (C=O) groups is 2. The Hall–Kier alpha value is -2.76. The van der Waals surface area contributed by atoms with Crippen LogP contribution in [0.5, 0.6) is 5.75 Å². The molecule has 0 radical (unpaired) electrons. The minimum Gasteiger partial charge on any atom is -0.494 e. The minimum absolute atomic E-state index is 0.184. The third-order valence-electron chi connectivity index (χ3n) is 3.98. The number of hydrogen-bond donors (Lipinski definition) is 1. The largest absolute Gasteiger partial charge is 0.494 e. The van der Waals surface area contributed by atoms with Gasteiger partial charge < -0.3 is 19.4 Å². The number of rotatable bonds is 5. The average Bonchev–Trinajstić information content (AvgIpc) is 3.28. The second-order valence-electron chi connectivity index (χ2n) is 5.58. The van der Waals surface area contributed by atoms with Gasteiger partial charge in [-0.2, -0.15) is 0 Å². The molecule has 0 unspecified atom stereocenters. The molecule has 1 atom stereocenters. The average molecular weight is 328 g/mol. The highest BCUT2D eigenvalue weighted by molar-refractivity contribution is 6.00. The molecule has 1 saturated heterocycles. The van der Waals surface area contributed by atoms with Gasteiger partial charge in [0.2, 0.25) is 5.91 Å². The lowest BCUT2D eigenvalue weighted by atomic mass is 10.2. The van der Waals surface area contributed by atoms with Gasteiger partial charge in [-0.25, -0.2) is 0 Å². The maximum absolute atomic E-state index is 12.5. The molecule has 1 N–H and O–H groups in total. The summed E-state index contributed by atoms with van der Waals surface area (Å²) in [6.07, 6.45) is 2.90. The van der Waals surface area contributed by atoms with Gasteiger partial charge in [-0.15, -0.1) is 0 Å². The summed E-state index contributed by atoms with van der Waals surface area (Å²) in [5.74, 6) is 0.586. The molecule has 0 saturated carbocycles. The molecule has 0 aliphatic carbocycles. The molecule has 1 fully saturated rings. The van der Waals surface area contributed by atoms with Gasteiger partial charge in [-0.1, -0.05) is 0 Å². The van der Waals surface area contributed by atoms with Crippen molar-refractivity contribution in [2.24, 2.45) is 0 Å². The number of hydrogen-bond acceptors (Lipinski definition) is 4. The lowest BCUT2D eigenvalue weighted by Gasteiger charge is -2.23. The van der Waals surface area contributed by atoms with Crippen molar-refractivity contribution in [3.05, 3.63) is 48.4 Å². The number of benzene rings is 1. The molecular formula is C18H20N2O4. The molecule has 2 amide bonds. The van der Waals surface area contributed by atoms with Crippen LogP contribution in [-0.2, 0) is 4.79 Å². The van der Waals surface area contributed by atoms with Gasteiger partial charge in [0.25, 0.3) is 5.91 Å². The molecule has 1 aliphatic heterocycles. The Morgan fingerprint density at radius 2 is 2.08 bits per heavy atom. The molecule has 6 heteroatoms. The summed E-state index contributed by atoms with van der Waals surface area (Å²) in [6, 6.07) is 9.99. The summed E-state index contributed by atoms with van der Waals surface area (Å²) in [4.78, 5) is 26.5. The van der Waals surface area contributed by atoms with E-state index in [2.05, 4.69) is 5.32 Å². The van der Waals surface area contributed by atoms with Gasteiger partial charge in [-0.3, -0.25) is 9.59 Å². The van der Waals surface area contributed by atoms with Crippen molar-refractivity contribution in [2.75, 3.05) is 18.5 Å². The van der Waals surface area contributed by atoms with E-state index in [1.807, 2.05) is 6.92 Å². The summed E-state index contributed by atoms with van der Waals surface area (Å²) in [5.41, 5.74) is 0.681. The summed E-state index contributed by atoms with van der Waals surface area (Å²) in [7, 11) is 0. The maximum Gasteiger partial charge on any atom is 0.290 e. The van der Waals surface area contributed by atoms with Crippen molar-refractivity contribution >= 4 is 17.5 Å². The normalized spacial score (nSPS) is 16.9. The van der Waals surface area contributed by atoms with Crippen LogP contribution in [0.15, 0.2) is 47.1 Å². The number of nitrogens with zero attached hydrogens (tertiary/aromatic N) is 1. The van der Waals surface area contributed by atoms with Crippen LogP contribution >= 0.6 is 0 Å². The Morgan fingerprint density at radius 1 is 1.29 bits per heavy atom. The second kappa shape index (κ2) is 7.21. The van der Waals surface area contributed by atoms with Crippen LogP contribution in [0.2, 0.25) is 0 Å². The van der Waals surface area contributed by atoms with E-state index in [4.69, 9.17) is 9.15 Å². The predicted octanol–water partition coefficient (Wildman–Crippen LogP) is 2.92. The molecule has 2 aromatic rings. The number of likely N-dealkylation sites (tertiary alicyclic amines) is 1. The molecule has 126 valence electrons. The van der Waals surface area contributed by atoms with E-state index < -0.39 is 6.04 Å². The van der Waals surface area contributed by atoms with Gasteiger partial charge in [-0.05, 0) is 56.2 Å². The van der Waals surface area contributed by atoms with Crippen LogP contribution in [0.4, 0.5) is 5.69 Å². The topological polar surface area (TPSA) is 71.8 Å². The number of ether oxygens (including phenoxy) is 1. The zero-order valence-electron chi connectivity index (χ0n) is 13.5. The molecule has 6 nitrogen and oxygen atoms in total. The van der Waals surface area contributed by atoms with Crippen molar-refractivity contribution < 1.29 is 18.7 Å². The highest BCUT2D eigenvalue weighted by Crippen LogP contribution is 2.23. The Morgan fingerprint density at radius 3 is 2.75 bits per heavy atom. The SMILES string of the molecule is CCOc1ccc(NC(=O)[C@H]2CCCN2C(=O)c2ccco2)cc1. The summed E-state index contributed by atoms with van der Waals surface area (Å²) in [6.45, 7) is 3.07. The van der Waals surface area contributed by atoms with Crippen molar-refractivity contribution in [2.45, 2.75) is 25.8 Å². The van der Waals surface area contributed by atoms with Crippen LogP contribution in [-0.4, -0.2) is 35.9 Å². The van der Waals surface area contributed by atoms with Crippen LogP contribution in [0, 0.1) is 0 Å². The van der Waals surface area contributed by atoms with E-state index in [0.29, 0.717) is 25.3 Å². The number of nitrogens with one attached hydrogen (secondary N) is 1. The molecule has 1 aromatic carbocycles. The van der Waals surface area contributed by atoms with E-state index in [0.717, 1.165) is 12.2 Å². The first-order chi connectivity index (χ1) is 11.7. The fourth-order valence-corrected chi connectivity index (χ4v) is 2.85. The first kappa shape index (κ1) is 16.1. The summed E-state index contributed by atoms with van der Waals surface area (Å²) < 4.78 is 10.5. The highest BCUT2D eigenvalue weighted by Gasteiger charge is 2.35. The van der Waals surface area contributed by atoms with Crippen LogP contribution in [0.1, 0.15) is 30.3 Å². The Kier molecular flexibility index (Phi) is 4.84. The van der Waals surface area contributed by atoms with Crippen molar-refractivity contribution in [3.63, 3.8) is 0 Å². The van der Waals surface area contributed by atoms with E-state index in [9.17, 15) is 9.59 Å². The maximum atomic E-state index is 12.5. The number of furan rings is 1. The lowest BCUT2D eigenvalue weighted by Crippen LogP contribution is -2.43. The Bertz CT molecular complexity index is 694. The molecule has 2 heterocycles. The molecule has 1 aromatic heterocycles. The highest BCUT2D eigenvalue weighted by atomic mass is 16.5. The number of carbonyl (C=O) groups excluding carboxylic acids is 2. The third kappa shape index (κ3) is 3.42. The van der Waals surface area contributed by atoms with E-state index in [-0.39, 0.29) is 17.6 Å². The van der Waals surface area contributed by atoms with Gasteiger partial charge in [0, 0.05) is 12.2 Å². The third-order valence-corrected chi connectivity index (χ3v) is 3.98. The van der Waals surface area contributed by atoms with E-state index >= 15 is 0 Å². The van der Waals surface area contributed by atoms with Crippen LogP contribution in [0.25, 0.3) is 0 Å². The molecule has 0 bridgehead atoms. The van der Waals surface area contributed by atoms with E-state index in [1.165, 1.54) is 6.26 Å². The number of amides is 2. The van der Waals surface area contributed by atoms with Crippen LogP contribution in [0.3, 0.4) is 0 Å². The lowest BCUT2D eigenvalue weighted by molar-refractivity contribution is -0.119. The Balaban J connectivity index is 1.66. The van der Waals surface area contributed by atoms with Gasteiger partial charge in [0.1, 0.15) is 11.8 Å². The van der Waals surface area contributed by atoms with Crippen molar-refractivity contribution in [1.82, 2.24) is 4.90 Å². The van der Waals surface area contributed by atoms with Gasteiger partial charge in [0.05, 0.1) is 12.9 Å². The predicted molar refractivity (Wildman–Crippen MR) is 89.0 cm³/mol. The standard InChI is InChI=1S/C18H20N2O4/c1-2-23-14-9-7-13(8-10-14)19-17(21)15-5-3-11-20(15)18(22)16-6-4-12-24-16/h4,6-10,12,15H,2-3,5,11H2,1H3,(H,19,21)/t15-/m1/s1. The summed E-state index contributed by atoms with van der Waals surface area (Å²) >= 11 is 0. The molecule has 24 heavy (non-hydrogen) atoms. The number of anilines is 1. The zero-order valence-corrected chi connectivity index (χ0v) is 13.5. The quantitative estimate of drug-likeness (QED) is 0.916.